The normalized spacial score (nSPS) is 15.8. The number of methoxy groups -OCH3 is 3. The van der Waals surface area contributed by atoms with Crippen molar-refractivity contribution in [2.45, 2.75) is 18.9 Å². The topological polar surface area (TPSA) is 60.0 Å². The fourth-order valence-corrected chi connectivity index (χ4v) is 2.23. The van der Waals surface area contributed by atoms with Gasteiger partial charge < -0.3 is 24.6 Å². The minimum atomic E-state index is -0.162. The summed E-state index contributed by atoms with van der Waals surface area (Å²) in [5.41, 5.74) is 0.883. The zero-order chi connectivity index (χ0) is 14.5. The van der Waals surface area contributed by atoms with Crippen molar-refractivity contribution >= 4 is 0 Å². The lowest BCUT2D eigenvalue weighted by Crippen LogP contribution is -2.26. The Hall–Kier alpha value is -1.46. The first kappa shape index (κ1) is 14.9. The molecule has 1 aliphatic rings. The van der Waals surface area contributed by atoms with Crippen molar-refractivity contribution in [3.05, 3.63) is 17.7 Å². The summed E-state index contributed by atoms with van der Waals surface area (Å²) in [6.45, 7) is 0.932. The highest BCUT2D eigenvalue weighted by Crippen LogP contribution is 2.38. The predicted octanol–water partition coefficient (Wildman–Crippen LogP) is 1.75. The number of nitrogens with one attached hydrogen (secondary N) is 1. The van der Waals surface area contributed by atoms with Crippen LogP contribution in [0.15, 0.2) is 12.1 Å². The zero-order valence-electron chi connectivity index (χ0n) is 12.3. The van der Waals surface area contributed by atoms with Gasteiger partial charge in [0, 0.05) is 11.6 Å². The molecule has 1 atom stereocenters. The fourth-order valence-electron chi connectivity index (χ4n) is 2.23. The molecule has 1 fully saturated rings. The number of hydrogen-bond acceptors (Lipinski definition) is 5. The Labute approximate surface area is 119 Å². The van der Waals surface area contributed by atoms with Crippen molar-refractivity contribution in [1.29, 1.82) is 0 Å². The second-order valence-corrected chi connectivity index (χ2v) is 5.04. The first-order valence-electron chi connectivity index (χ1n) is 6.87. The SMILES string of the molecule is COc1cc(OC)c(C(CO)NCC2CC2)cc1OC. The molecule has 0 aromatic heterocycles. The molecule has 2 rings (SSSR count). The van der Waals surface area contributed by atoms with Crippen LogP contribution < -0.4 is 19.5 Å². The summed E-state index contributed by atoms with van der Waals surface area (Å²) in [5.74, 6) is 2.68. The Balaban J connectivity index is 2.25. The van der Waals surface area contributed by atoms with Gasteiger partial charge in [-0.3, -0.25) is 0 Å². The van der Waals surface area contributed by atoms with Gasteiger partial charge in [0.2, 0.25) is 0 Å². The van der Waals surface area contributed by atoms with Gasteiger partial charge in [-0.05, 0) is 31.4 Å². The van der Waals surface area contributed by atoms with E-state index in [0.717, 1.165) is 18.0 Å². The van der Waals surface area contributed by atoms with E-state index in [1.165, 1.54) is 12.8 Å². The van der Waals surface area contributed by atoms with Crippen LogP contribution in [-0.2, 0) is 0 Å². The van der Waals surface area contributed by atoms with Crippen LogP contribution in [0.1, 0.15) is 24.4 Å². The lowest BCUT2D eigenvalue weighted by atomic mass is 10.0. The molecule has 5 nitrogen and oxygen atoms in total. The van der Waals surface area contributed by atoms with Crippen molar-refractivity contribution in [2.75, 3.05) is 34.5 Å². The fraction of sp³-hybridized carbons (Fsp3) is 0.600. The van der Waals surface area contributed by atoms with Crippen molar-refractivity contribution in [1.82, 2.24) is 5.32 Å². The van der Waals surface area contributed by atoms with Crippen LogP contribution in [-0.4, -0.2) is 39.6 Å². The highest BCUT2D eigenvalue weighted by atomic mass is 16.5. The molecule has 0 radical (unpaired) electrons. The van der Waals surface area contributed by atoms with Gasteiger partial charge in [-0.25, -0.2) is 0 Å². The Morgan fingerprint density at radius 1 is 1.10 bits per heavy atom. The van der Waals surface area contributed by atoms with Crippen molar-refractivity contribution in [3.8, 4) is 17.2 Å². The number of benzene rings is 1. The maximum atomic E-state index is 9.63. The minimum absolute atomic E-state index is 0.0125. The average molecular weight is 281 g/mol. The zero-order valence-corrected chi connectivity index (χ0v) is 12.3. The van der Waals surface area contributed by atoms with E-state index in [1.807, 2.05) is 6.07 Å². The van der Waals surface area contributed by atoms with E-state index < -0.39 is 0 Å². The molecule has 5 heteroatoms. The molecule has 1 unspecified atom stereocenters. The van der Waals surface area contributed by atoms with Crippen LogP contribution in [0.5, 0.6) is 17.2 Å². The summed E-state index contributed by atoms with van der Waals surface area (Å²) in [5, 5.41) is 13.0. The van der Waals surface area contributed by atoms with Gasteiger partial charge in [-0.1, -0.05) is 0 Å². The maximum Gasteiger partial charge on any atom is 0.164 e. The largest absolute Gasteiger partial charge is 0.496 e. The summed E-state index contributed by atoms with van der Waals surface area (Å²) < 4.78 is 16.0. The van der Waals surface area contributed by atoms with Crippen LogP contribution in [0.3, 0.4) is 0 Å². The second-order valence-electron chi connectivity index (χ2n) is 5.04. The molecular weight excluding hydrogens is 258 g/mol. The van der Waals surface area contributed by atoms with E-state index in [1.54, 1.807) is 27.4 Å². The molecule has 2 N–H and O–H groups in total. The molecule has 0 heterocycles. The van der Waals surface area contributed by atoms with E-state index in [4.69, 9.17) is 14.2 Å². The quantitative estimate of drug-likeness (QED) is 0.760. The number of aliphatic hydroxyl groups excluding tert-OH is 1. The smallest absolute Gasteiger partial charge is 0.164 e. The number of rotatable bonds is 8. The average Bonchev–Trinajstić information content (AvgIpc) is 3.31. The monoisotopic (exact) mass is 281 g/mol. The molecule has 1 saturated carbocycles. The van der Waals surface area contributed by atoms with Crippen LogP contribution in [0.25, 0.3) is 0 Å². The van der Waals surface area contributed by atoms with Crippen molar-refractivity contribution in [3.63, 3.8) is 0 Å². The highest BCUT2D eigenvalue weighted by Gasteiger charge is 2.24. The second kappa shape index (κ2) is 6.81. The Bertz CT molecular complexity index is 446. The molecule has 20 heavy (non-hydrogen) atoms. The molecular formula is C15H23NO4. The predicted molar refractivity (Wildman–Crippen MR) is 76.7 cm³/mol. The standard InChI is InChI=1S/C15H23NO4/c1-18-13-7-15(20-3)14(19-2)6-11(13)12(9-17)16-8-10-4-5-10/h6-7,10,12,16-17H,4-5,8-9H2,1-3H3. The maximum absolute atomic E-state index is 9.63. The molecule has 112 valence electrons. The summed E-state index contributed by atoms with van der Waals surface area (Å²) in [4.78, 5) is 0. The molecule has 1 aromatic rings. The summed E-state index contributed by atoms with van der Waals surface area (Å²) in [6, 6.07) is 3.49. The molecule has 0 aliphatic heterocycles. The minimum Gasteiger partial charge on any atom is -0.496 e. The molecule has 0 saturated heterocycles. The Morgan fingerprint density at radius 2 is 1.70 bits per heavy atom. The molecule has 1 aromatic carbocycles. The first-order chi connectivity index (χ1) is 9.73. The lowest BCUT2D eigenvalue weighted by Gasteiger charge is -2.21. The Kier molecular flexibility index (Phi) is 5.09. The molecule has 1 aliphatic carbocycles. The van der Waals surface area contributed by atoms with Gasteiger partial charge in [0.1, 0.15) is 5.75 Å². The molecule has 0 amide bonds. The van der Waals surface area contributed by atoms with Gasteiger partial charge in [0.05, 0.1) is 34.0 Å². The van der Waals surface area contributed by atoms with E-state index >= 15 is 0 Å². The van der Waals surface area contributed by atoms with E-state index in [-0.39, 0.29) is 12.6 Å². The highest BCUT2D eigenvalue weighted by molar-refractivity contribution is 5.51. The third-order valence-corrected chi connectivity index (χ3v) is 3.64. The molecule has 0 bridgehead atoms. The van der Waals surface area contributed by atoms with E-state index in [2.05, 4.69) is 5.32 Å². The Morgan fingerprint density at radius 3 is 2.20 bits per heavy atom. The van der Waals surface area contributed by atoms with E-state index in [0.29, 0.717) is 17.2 Å². The summed E-state index contributed by atoms with van der Waals surface area (Å²) in [7, 11) is 4.80. The number of hydrogen-bond donors (Lipinski definition) is 2. The van der Waals surface area contributed by atoms with Gasteiger partial charge in [0.15, 0.2) is 11.5 Å². The van der Waals surface area contributed by atoms with Gasteiger partial charge in [0.25, 0.3) is 0 Å². The summed E-state index contributed by atoms with van der Waals surface area (Å²) in [6.07, 6.45) is 2.54. The third kappa shape index (κ3) is 3.35. The van der Waals surface area contributed by atoms with E-state index in [9.17, 15) is 5.11 Å². The third-order valence-electron chi connectivity index (χ3n) is 3.64. The van der Waals surface area contributed by atoms with Crippen LogP contribution in [0, 0.1) is 5.92 Å². The van der Waals surface area contributed by atoms with Crippen LogP contribution >= 0.6 is 0 Å². The van der Waals surface area contributed by atoms with Crippen LogP contribution in [0.4, 0.5) is 0 Å². The van der Waals surface area contributed by atoms with Gasteiger partial charge >= 0.3 is 0 Å². The van der Waals surface area contributed by atoms with Gasteiger partial charge in [-0.2, -0.15) is 0 Å². The summed E-state index contributed by atoms with van der Waals surface area (Å²) >= 11 is 0. The number of ether oxygens (including phenoxy) is 3. The number of aliphatic hydroxyl groups is 1. The lowest BCUT2D eigenvalue weighted by molar-refractivity contribution is 0.239. The van der Waals surface area contributed by atoms with Crippen LogP contribution in [0.2, 0.25) is 0 Å². The molecule has 0 spiro atoms. The van der Waals surface area contributed by atoms with Crippen molar-refractivity contribution < 1.29 is 19.3 Å². The van der Waals surface area contributed by atoms with Gasteiger partial charge in [-0.15, -0.1) is 0 Å². The van der Waals surface area contributed by atoms with Crippen molar-refractivity contribution in [2.24, 2.45) is 5.92 Å². The first-order valence-corrected chi connectivity index (χ1v) is 6.87.